The van der Waals surface area contributed by atoms with Crippen molar-refractivity contribution in [3.05, 3.63) is 17.3 Å². The second kappa shape index (κ2) is 5.72. The first-order valence-corrected chi connectivity index (χ1v) is 6.60. The maximum absolute atomic E-state index is 11.9. The van der Waals surface area contributed by atoms with E-state index in [9.17, 15) is 9.59 Å². The third kappa shape index (κ3) is 3.72. The van der Waals surface area contributed by atoms with E-state index in [2.05, 4.69) is 10.3 Å². The molecular formula is C13H19N3O5. The van der Waals surface area contributed by atoms with Gasteiger partial charge in [-0.2, -0.15) is 0 Å². The molecule has 1 aromatic heterocycles. The number of amides is 2. The summed E-state index contributed by atoms with van der Waals surface area (Å²) in [5.41, 5.74) is 0.212. The number of carbonyl (C=O) groups excluding carboxylic acids is 1. The lowest BCUT2D eigenvalue weighted by atomic mass is 9.97. The molecule has 0 aliphatic carbocycles. The number of rotatable bonds is 5. The predicted molar refractivity (Wildman–Crippen MR) is 71.8 cm³/mol. The number of carbonyl (C=O) groups is 2. The van der Waals surface area contributed by atoms with Crippen LogP contribution in [-0.4, -0.2) is 52.3 Å². The lowest BCUT2D eigenvalue weighted by Crippen LogP contribution is -2.65. The third-order valence-electron chi connectivity index (χ3n) is 3.35. The monoisotopic (exact) mass is 297 g/mol. The maximum atomic E-state index is 11.9. The number of carboxylic acids is 1. The van der Waals surface area contributed by atoms with Gasteiger partial charge in [0.25, 0.3) is 0 Å². The Morgan fingerprint density at radius 3 is 2.67 bits per heavy atom. The second-order valence-corrected chi connectivity index (χ2v) is 5.40. The predicted octanol–water partition coefficient (Wildman–Crippen LogP) is 0.677. The fourth-order valence-corrected chi connectivity index (χ4v) is 2.11. The zero-order valence-corrected chi connectivity index (χ0v) is 12.3. The minimum atomic E-state index is -1.02. The molecule has 1 aliphatic rings. The normalized spacial score (nSPS) is 16.4. The van der Waals surface area contributed by atoms with Crippen molar-refractivity contribution in [2.75, 3.05) is 19.7 Å². The largest absolute Gasteiger partial charge is 0.480 e. The van der Waals surface area contributed by atoms with Gasteiger partial charge in [0.1, 0.15) is 18.0 Å². The molecule has 8 nitrogen and oxygen atoms in total. The highest BCUT2D eigenvalue weighted by atomic mass is 16.5. The van der Waals surface area contributed by atoms with Crippen LogP contribution in [0.1, 0.15) is 24.3 Å². The molecule has 0 unspecified atom stereocenters. The second-order valence-electron chi connectivity index (χ2n) is 5.40. The summed E-state index contributed by atoms with van der Waals surface area (Å²) >= 11 is 0. The fraction of sp³-hybridized carbons (Fsp3) is 0.615. The lowest BCUT2D eigenvalue weighted by molar-refractivity contribution is -0.159. The van der Waals surface area contributed by atoms with E-state index in [0.29, 0.717) is 19.0 Å². The summed E-state index contributed by atoms with van der Waals surface area (Å²) in [5.74, 6) is 0.176. The van der Waals surface area contributed by atoms with Crippen LogP contribution in [0.15, 0.2) is 4.42 Å². The molecule has 2 heterocycles. The SMILES string of the molecule is Cc1nc(CNC(=O)N2CC(C)(OCC(=O)O)C2)oc1C. The number of aliphatic carboxylic acids is 1. The molecular weight excluding hydrogens is 278 g/mol. The van der Waals surface area contributed by atoms with Crippen LogP contribution in [0.4, 0.5) is 4.79 Å². The molecule has 0 radical (unpaired) electrons. The minimum Gasteiger partial charge on any atom is -0.480 e. The van der Waals surface area contributed by atoms with Crippen molar-refractivity contribution in [1.82, 2.24) is 15.2 Å². The van der Waals surface area contributed by atoms with Crippen molar-refractivity contribution in [2.24, 2.45) is 0 Å². The molecule has 116 valence electrons. The number of nitrogens with one attached hydrogen (secondary N) is 1. The Morgan fingerprint density at radius 1 is 1.48 bits per heavy atom. The number of aromatic nitrogens is 1. The van der Waals surface area contributed by atoms with Crippen LogP contribution >= 0.6 is 0 Å². The fourth-order valence-electron chi connectivity index (χ4n) is 2.11. The van der Waals surface area contributed by atoms with Crippen molar-refractivity contribution in [2.45, 2.75) is 32.9 Å². The molecule has 2 N–H and O–H groups in total. The van der Waals surface area contributed by atoms with Crippen LogP contribution in [0.5, 0.6) is 0 Å². The molecule has 1 aliphatic heterocycles. The number of nitrogens with zero attached hydrogens (tertiary/aromatic N) is 2. The van der Waals surface area contributed by atoms with E-state index in [1.807, 2.05) is 13.8 Å². The van der Waals surface area contributed by atoms with E-state index >= 15 is 0 Å². The Bertz CT molecular complexity index is 529. The highest BCUT2D eigenvalue weighted by molar-refractivity contribution is 5.75. The van der Waals surface area contributed by atoms with Gasteiger partial charge in [0, 0.05) is 0 Å². The summed E-state index contributed by atoms with van der Waals surface area (Å²) in [5, 5.41) is 11.3. The number of hydrogen-bond acceptors (Lipinski definition) is 5. The van der Waals surface area contributed by atoms with E-state index in [1.165, 1.54) is 0 Å². The molecule has 2 amide bonds. The van der Waals surface area contributed by atoms with E-state index in [0.717, 1.165) is 11.5 Å². The summed E-state index contributed by atoms with van der Waals surface area (Å²) in [4.78, 5) is 28.1. The first-order chi connectivity index (χ1) is 9.79. The van der Waals surface area contributed by atoms with Crippen LogP contribution in [-0.2, 0) is 16.1 Å². The van der Waals surface area contributed by atoms with Gasteiger partial charge in [0.15, 0.2) is 0 Å². The van der Waals surface area contributed by atoms with Gasteiger partial charge in [-0.1, -0.05) is 0 Å². The zero-order valence-electron chi connectivity index (χ0n) is 12.3. The molecule has 8 heteroatoms. The molecule has 2 rings (SSSR count). The number of carboxylic acid groups (broad SMARTS) is 1. The van der Waals surface area contributed by atoms with Crippen LogP contribution in [0.2, 0.25) is 0 Å². The van der Waals surface area contributed by atoms with Gasteiger partial charge in [0.2, 0.25) is 5.89 Å². The molecule has 0 saturated carbocycles. The Balaban J connectivity index is 1.75. The standard InChI is InChI=1S/C13H19N3O5/c1-8-9(2)21-10(15-8)4-14-12(19)16-6-13(3,7-16)20-5-11(17)18/h4-7H2,1-3H3,(H,14,19)(H,17,18). The summed E-state index contributed by atoms with van der Waals surface area (Å²) in [6, 6.07) is -0.250. The first kappa shape index (κ1) is 15.3. The van der Waals surface area contributed by atoms with Crippen LogP contribution < -0.4 is 5.32 Å². The Labute approximate surface area is 122 Å². The van der Waals surface area contributed by atoms with E-state index in [4.69, 9.17) is 14.3 Å². The zero-order chi connectivity index (χ0) is 15.6. The van der Waals surface area contributed by atoms with Gasteiger partial charge >= 0.3 is 12.0 Å². The summed E-state index contributed by atoms with van der Waals surface area (Å²) in [6.45, 7) is 6.00. The molecule has 1 saturated heterocycles. The molecule has 0 aromatic carbocycles. The first-order valence-electron chi connectivity index (χ1n) is 6.60. The van der Waals surface area contributed by atoms with Gasteiger partial charge in [-0.25, -0.2) is 14.6 Å². The van der Waals surface area contributed by atoms with Crippen molar-refractivity contribution < 1.29 is 23.8 Å². The maximum Gasteiger partial charge on any atom is 0.329 e. The van der Waals surface area contributed by atoms with Crippen molar-refractivity contribution in [3.8, 4) is 0 Å². The third-order valence-corrected chi connectivity index (χ3v) is 3.35. The highest BCUT2D eigenvalue weighted by Gasteiger charge is 2.42. The minimum absolute atomic E-state index is 0.219. The molecule has 0 spiro atoms. The van der Waals surface area contributed by atoms with Crippen LogP contribution in [0.3, 0.4) is 0 Å². The van der Waals surface area contributed by atoms with E-state index < -0.39 is 11.6 Å². The van der Waals surface area contributed by atoms with Crippen LogP contribution in [0, 0.1) is 13.8 Å². The molecule has 0 bridgehead atoms. The van der Waals surface area contributed by atoms with Gasteiger partial charge in [0.05, 0.1) is 25.3 Å². The molecule has 21 heavy (non-hydrogen) atoms. The smallest absolute Gasteiger partial charge is 0.329 e. The highest BCUT2D eigenvalue weighted by Crippen LogP contribution is 2.24. The van der Waals surface area contributed by atoms with Crippen molar-refractivity contribution in [3.63, 3.8) is 0 Å². The van der Waals surface area contributed by atoms with E-state index in [1.54, 1.807) is 11.8 Å². The Morgan fingerprint density at radius 2 is 2.14 bits per heavy atom. The summed E-state index contributed by atoms with van der Waals surface area (Å²) in [7, 11) is 0. The number of ether oxygens (including phenoxy) is 1. The number of likely N-dealkylation sites (tertiary alicyclic amines) is 1. The quantitative estimate of drug-likeness (QED) is 0.828. The van der Waals surface area contributed by atoms with Crippen LogP contribution in [0.25, 0.3) is 0 Å². The number of oxazole rings is 1. The molecule has 1 fully saturated rings. The summed E-state index contributed by atoms with van der Waals surface area (Å²) < 4.78 is 10.6. The van der Waals surface area contributed by atoms with Gasteiger partial charge in [-0.05, 0) is 20.8 Å². The summed E-state index contributed by atoms with van der Waals surface area (Å²) in [6.07, 6.45) is 0. The average molecular weight is 297 g/mol. The molecule has 1 aromatic rings. The van der Waals surface area contributed by atoms with Gasteiger partial charge < -0.3 is 24.5 Å². The number of urea groups is 1. The number of hydrogen-bond donors (Lipinski definition) is 2. The Kier molecular flexibility index (Phi) is 4.17. The topological polar surface area (TPSA) is 105 Å². The molecule has 0 atom stereocenters. The average Bonchev–Trinajstić information content (AvgIpc) is 2.69. The van der Waals surface area contributed by atoms with Crippen molar-refractivity contribution >= 4 is 12.0 Å². The van der Waals surface area contributed by atoms with Gasteiger partial charge in [-0.15, -0.1) is 0 Å². The number of aryl methyl sites for hydroxylation is 2. The Hall–Kier alpha value is -2.09. The van der Waals surface area contributed by atoms with Crippen molar-refractivity contribution in [1.29, 1.82) is 0 Å². The lowest BCUT2D eigenvalue weighted by Gasteiger charge is -2.46. The van der Waals surface area contributed by atoms with Gasteiger partial charge in [-0.3, -0.25) is 0 Å². The van der Waals surface area contributed by atoms with E-state index in [-0.39, 0.29) is 19.2 Å².